The van der Waals surface area contributed by atoms with Crippen LogP contribution in [0.2, 0.25) is 5.02 Å². The predicted molar refractivity (Wildman–Crippen MR) is 112 cm³/mol. The smallest absolute Gasteiger partial charge is 0.229 e. The molecule has 0 radical (unpaired) electrons. The Labute approximate surface area is 166 Å². The van der Waals surface area contributed by atoms with E-state index in [0.717, 1.165) is 17.3 Å². The number of anilines is 1. The minimum atomic E-state index is -3.41. The second-order valence-corrected chi connectivity index (χ2v) is 8.59. The van der Waals surface area contributed by atoms with Gasteiger partial charge in [0, 0.05) is 16.3 Å². The van der Waals surface area contributed by atoms with Crippen molar-refractivity contribution in [3.05, 3.63) is 65.7 Å². The molecule has 0 spiro atoms. The summed E-state index contributed by atoms with van der Waals surface area (Å²) in [6.07, 6.45) is 1.08. The van der Waals surface area contributed by atoms with Gasteiger partial charge >= 0.3 is 0 Å². The van der Waals surface area contributed by atoms with Gasteiger partial charge in [-0.2, -0.15) is 0 Å². The average Bonchev–Trinajstić information content (AvgIpc) is 3.06. The molecule has 0 aliphatic carbocycles. The van der Waals surface area contributed by atoms with Crippen molar-refractivity contribution < 1.29 is 13.5 Å². The Kier molecular flexibility index (Phi) is 4.49. The lowest BCUT2D eigenvalue weighted by atomic mass is 10.0. The van der Waals surface area contributed by atoms with Crippen molar-refractivity contribution in [3.8, 4) is 28.3 Å². The Bertz CT molecular complexity index is 1270. The molecule has 4 rings (SSSR count). The molecule has 8 heteroatoms. The first-order chi connectivity index (χ1) is 13.3. The van der Waals surface area contributed by atoms with Crippen LogP contribution in [0.4, 0.5) is 5.69 Å². The zero-order chi connectivity index (χ0) is 19.9. The fourth-order valence-electron chi connectivity index (χ4n) is 3.04. The molecular formula is C20H16ClN3O3S. The van der Waals surface area contributed by atoms with Crippen molar-refractivity contribution >= 4 is 38.3 Å². The first kappa shape index (κ1) is 18.3. The van der Waals surface area contributed by atoms with Crippen LogP contribution in [0, 0.1) is 0 Å². The summed E-state index contributed by atoms with van der Waals surface area (Å²) in [5.74, 6) is 0.493. The monoisotopic (exact) mass is 413 g/mol. The first-order valence-electron chi connectivity index (χ1n) is 8.36. The van der Waals surface area contributed by atoms with Crippen molar-refractivity contribution in [2.45, 2.75) is 0 Å². The number of imidazole rings is 1. The lowest BCUT2D eigenvalue weighted by Gasteiger charge is -2.11. The van der Waals surface area contributed by atoms with Gasteiger partial charge in [0.25, 0.3) is 0 Å². The van der Waals surface area contributed by atoms with Crippen molar-refractivity contribution in [1.29, 1.82) is 0 Å². The summed E-state index contributed by atoms with van der Waals surface area (Å²) < 4.78 is 25.4. The van der Waals surface area contributed by atoms with Gasteiger partial charge in [0.15, 0.2) is 0 Å². The molecule has 0 aliphatic heterocycles. The van der Waals surface area contributed by atoms with Gasteiger partial charge in [-0.05, 0) is 42.0 Å². The summed E-state index contributed by atoms with van der Waals surface area (Å²) in [4.78, 5) is 7.70. The number of aromatic hydroxyl groups is 1. The van der Waals surface area contributed by atoms with E-state index in [1.807, 2.05) is 24.3 Å². The summed E-state index contributed by atoms with van der Waals surface area (Å²) in [6.45, 7) is 0. The molecule has 0 atom stereocenters. The van der Waals surface area contributed by atoms with Gasteiger partial charge in [-0.25, -0.2) is 13.4 Å². The van der Waals surface area contributed by atoms with Crippen molar-refractivity contribution in [2.24, 2.45) is 0 Å². The molecule has 28 heavy (non-hydrogen) atoms. The lowest BCUT2D eigenvalue weighted by molar-refractivity contribution is 0.479. The van der Waals surface area contributed by atoms with Crippen LogP contribution in [0.3, 0.4) is 0 Å². The van der Waals surface area contributed by atoms with E-state index in [4.69, 9.17) is 11.6 Å². The predicted octanol–water partition coefficient (Wildman–Crippen LogP) is 4.63. The number of aromatic amines is 1. The average molecular weight is 414 g/mol. The van der Waals surface area contributed by atoms with E-state index >= 15 is 0 Å². The number of nitrogens with one attached hydrogen (secondary N) is 2. The third-order valence-electron chi connectivity index (χ3n) is 4.20. The zero-order valence-electron chi connectivity index (χ0n) is 14.8. The highest BCUT2D eigenvalue weighted by Gasteiger charge is 2.16. The number of benzene rings is 3. The molecule has 0 bridgehead atoms. The molecular weight excluding hydrogens is 398 g/mol. The van der Waals surface area contributed by atoms with E-state index in [1.165, 1.54) is 0 Å². The Morgan fingerprint density at radius 2 is 1.79 bits per heavy atom. The van der Waals surface area contributed by atoms with Gasteiger partial charge < -0.3 is 10.1 Å². The Morgan fingerprint density at radius 1 is 1.04 bits per heavy atom. The highest BCUT2D eigenvalue weighted by molar-refractivity contribution is 7.92. The summed E-state index contributed by atoms with van der Waals surface area (Å²) in [7, 11) is -3.41. The summed E-state index contributed by atoms with van der Waals surface area (Å²) >= 11 is 6.30. The van der Waals surface area contributed by atoms with Crippen LogP contribution in [-0.2, 0) is 10.0 Å². The van der Waals surface area contributed by atoms with Crippen molar-refractivity contribution in [3.63, 3.8) is 0 Å². The number of rotatable bonds is 4. The molecule has 0 fully saturated rings. The number of fused-ring (bicyclic) bond motifs is 1. The van der Waals surface area contributed by atoms with Gasteiger partial charge in [-0.3, -0.25) is 4.72 Å². The van der Waals surface area contributed by atoms with Gasteiger partial charge in [-0.1, -0.05) is 35.9 Å². The molecule has 0 aliphatic rings. The number of nitrogens with zero attached hydrogens (tertiary/aromatic N) is 1. The third kappa shape index (κ3) is 3.67. The molecule has 0 saturated heterocycles. The molecule has 0 unspecified atom stereocenters. The van der Waals surface area contributed by atoms with E-state index in [0.29, 0.717) is 33.2 Å². The highest BCUT2D eigenvalue weighted by atomic mass is 35.5. The number of H-pyrrole nitrogens is 1. The van der Waals surface area contributed by atoms with Crippen LogP contribution in [0.5, 0.6) is 5.75 Å². The molecule has 3 N–H and O–H groups in total. The van der Waals surface area contributed by atoms with Gasteiger partial charge in [-0.15, -0.1) is 0 Å². The lowest BCUT2D eigenvalue weighted by Crippen LogP contribution is -2.09. The number of phenolic OH excluding ortho intramolecular Hbond substituents is 1. The SMILES string of the molecule is CS(=O)(=O)Nc1cccc(-c2cc(Cl)cc(-c3nc4ccccc4[nH]3)c2O)c1. The highest BCUT2D eigenvalue weighted by Crippen LogP contribution is 2.40. The number of aromatic nitrogens is 2. The third-order valence-corrected chi connectivity index (χ3v) is 5.02. The number of hydrogen-bond acceptors (Lipinski definition) is 4. The molecule has 1 aromatic heterocycles. The quantitative estimate of drug-likeness (QED) is 0.454. The topological polar surface area (TPSA) is 95.1 Å². The van der Waals surface area contributed by atoms with Gasteiger partial charge in [0.2, 0.25) is 10.0 Å². The first-order valence-corrected chi connectivity index (χ1v) is 10.6. The zero-order valence-corrected chi connectivity index (χ0v) is 16.3. The van der Waals surface area contributed by atoms with Crippen LogP contribution < -0.4 is 4.72 Å². The molecule has 6 nitrogen and oxygen atoms in total. The molecule has 0 amide bonds. The largest absolute Gasteiger partial charge is 0.507 e. The minimum Gasteiger partial charge on any atom is -0.507 e. The minimum absolute atomic E-state index is 0.0000354. The molecule has 3 aromatic carbocycles. The fourth-order valence-corrected chi connectivity index (χ4v) is 3.82. The maximum atomic E-state index is 11.5. The van der Waals surface area contributed by atoms with Crippen molar-refractivity contribution in [1.82, 2.24) is 9.97 Å². The van der Waals surface area contributed by atoms with E-state index in [-0.39, 0.29) is 5.75 Å². The van der Waals surface area contributed by atoms with Crippen LogP contribution in [-0.4, -0.2) is 29.7 Å². The molecule has 142 valence electrons. The second-order valence-electron chi connectivity index (χ2n) is 6.41. The summed E-state index contributed by atoms with van der Waals surface area (Å²) in [5, 5.41) is 11.3. The summed E-state index contributed by atoms with van der Waals surface area (Å²) in [6, 6.07) is 17.5. The number of phenols is 1. The van der Waals surface area contributed by atoms with E-state index in [2.05, 4.69) is 14.7 Å². The van der Waals surface area contributed by atoms with E-state index in [1.54, 1.807) is 36.4 Å². The molecule has 4 aromatic rings. The normalized spacial score (nSPS) is 11.6. The molecule has 1 heterocycles. The van der Waals surface area contributed by atoms with E-state index < -0.39 is 10.0 Å². The Morgan fingerprint density at radius 3 is 2.54 bits per heavy atom. The van der Waals surface area contributed by atoms with Crippen molar-refractivity contribution in [2.75, 3.05) is 11.0 Å². The number of para-hydroxylation sites is 2. The standard InChI is InChI=1S/C20H16ClN3O3S/c1-28(26,27)24-14-6-4-5-12(9-14)15-10-13(21)11-16(19(15)25)20-22-17-7-2-3-8-18(17)23-20/h2-11,24-25H,1H3,(H,22,23). The molecule has 0 saturated carbocycles. The van der Waals surface area contributed by atoms with E-state index in [9.17, 15) is 13.5 Å². The summed E-state index contributed by atoms with van der Waals surface area (Å²) in [5.41, 5.74) is 3.56. The van der Waals surface area contributed by atoms with Crippen LogP contribution in [0.1, 0.15) is 0 Å². The Hall–Kier alpha value is -3.03. The van der Waals surface area contributed by atoms with Gasteiger partial charge in [0.1, 0.15) is 11.6 Å². The maximum absolute atomic E-state index is 11.5. The van der Waals surface area contributed by atoms with Crippen LogP contribution in [0.15, 0.2) is 60.7 Å². The second kappa shape index (κ2) is 6.85. The van der Waals surface area contributed by atoms with Gasteiger partial charge in [0.05, 0.1) is 22.9 Å². The van der Waals surface area contributed by atoms with Crippen LogP contribution in [0.25, 0.3) is 33.5 Å². The van der Waals surface area contributed by atoms with Crippen LogP contribution >= 0.6 is 11.6 Å². The maximum Gasteiger partial charge on any atom is 0.229 e. The number of sulfonamides is 1. The number of hydrogen-bond donors (Lipinski definition) is 3. The fraction of sp³-hybridized carbons (Fsp3) is 0.0500. The Balaban J connectivity index is 1.84. The number of halogens is 1.